The highest BCUT2D eigenvalue weighted by Gasteiger charge is 2.48. The topological polar surface area (TPSA) is 254 Å². The van der Waals surface area contributed by atoms with E-state index in [2.05, 4.69) is 50.7 Å². The number of imidazole rings is 2. The van der Waals surface area contributed by atoms with Crippen LogP contribution < -0.4 is 10.6 Å². The zero-order valence-electron chi connectivity index (χ0n) is 34.5. The molecule has 64 heavy (non-hydrogen) atoms. The Morgan fingerprint density at radius 1 is 0.609 bits per heavy atom. The average Bonchev–Trinajstić information content (AvgIpc) is 4.20. The molecule has 22 heteroatoms. The molecule has 2 amide bonds. The highest BCUT2D eigenvalue weighted by molar-refractivity contribution is 5.88. The Hall–Kier alpha value is -8.24. The van der Waals surface area contributed by atoms with Crippen LogP contribution in [0.4, 0.5) is 23.5 Å². The molecule has 0 bridgehead atoms. The average molecular weight is 861 g/mol. The van der Waals surface area contributed by atoms with Gasteiger partial charge in [0.25, 0.3) is 11.8 Å². The van der Waals surface area contributed by atoms with E-state index in [0.29, 0.717) is 84.1 Å². The van der Waals surface area contributed by atoms with Gasteiger partial charge in [0.05, 0.1) is 29.3 Å². The quantitative estimate of drug-likeness (QED) is 0.130. The molecule has 8 aromatic heterocycles. The number of aliphatic hydroxyl groups is 2. The van der Waals surface area contributed by atoms with Crippen molar-refractivity contribution in [2.75, 3.05) is 37.3 Å². The fourth-order valence-corrected chi connectivity index (χ4v) is 7.66. The van der Waals surface area contributed by atoms with Gasteiger partial charge in [0, 0.05) is 95.9 Å². The summed E-state index contributed by atoms with van der Waals surface area (Å²) in [5.74, 6) is 2.00. The zero-order chi connectivity index (χ0) is 44.0. The SMILES string of the molecule is CN1CC[C@](O)(c2cn(-c3cccc(-c4ccnc(Nc5ccn(CCN6CC[C@@](O)(c7cn(-c8cccc(-c9ccnc(Nc%10ccn(C)n%10)n9)n8)cn7)C6=O)n5)n4)n3)cn2)C1=O. The van der Waals surface area contributed by atoms with Crippen molar-refractivity contribution in [3.8, 4) is 34.4 Å². The van der Waals surface area contributed by atoms with Crippen molar-refractivity contribution in [3.05, 3.63) is 122 Å². The summed E-state index contributed by atoms with van der Waals surface area (Å²) in [5.41, 5.74) is -0.675. The van der Waals surface area contributed by atoms with Gasteiger partial charge in [-0.15, -0.1) is 0 Å². The predicted molar refractivity (Wildman–Crippen MR) is 228 cm³/mol. The lowest BCUT2D eigenvalue weighted by atomic mass is 9.99. The first-order valence-electron chi connectivity index (χ1n) is 20.3. The molecule has 322 valence electrons. The fourth-order valence-electron chi connectivity index (χ4n) is 7.66. The van der Waals surface area contributed by atoms with Crippen molar-refractivity contribution < 1.29 is 19.8 Å². The molecule has 22 nitrogen and oxygen atoms in total. The molecule has 10 heterocycles. The van der Waals surface area contributed by atoms with E-state index < -0.39 is 17.1 Å². The molecular weight excluding hydrogens is 821 g/mol. The number of nitrogens with zero attached hydrogens (tertiary/aromatic N) is 16. The van der Waals surface area contributed by atoms with Crippen LogP contribution in [0.3, 0.4) is 0 Å². The largest absolute Gasteiger partial charge is 0.374 e. The minimum Gasteiger partial charge on any atom is -0.374 e. The van der Waals surface area contributed by atoms with Gasteiger partial charge in [-0.1, -0.05) is 12.1 Å². The van der Waals surface area contributed by atoms with E-state index >= 15 is 0 Å². The molecule has 0 unspecified atom stereocenters. The van der Waals surface area contributed by atoms with E-state index in [4.69, 9.17) is 9.97 Å². The van der Waals surface area contributed by atoms with Gasteiger partial charge >= 0.3 is 0 Å². The molecule has 0 aromatic carbocycles. The van der Waals surface area contributed by atoms with Crippen molar-refractivity contribution in [2.24, 2.45) is 7.05 Å². The second kappa shape index (κ2) is 15.9. The number of hydrogen-bond donors (Lipinski definition) is 4. The van der Waals surface area contributed by atoms with Gasteiger partial charge in [0.15, 0.2) is 22.8 Å². The summed E-state index contributed by atoms with van der Waals surface area (Å²) < 4.78 is 6.68. The van der Waals surface area contributed by atoms with E-state index in [1.807, 2.05) is 43.6 Å². The Morgan fingerprint density at radius 2 is 1.16 bits per heavy atom. The van der Waals surface area contributed by atoms with Gasteiger partial charge in [-0.05, 0) is 36.4 Å². The standard InChI is InChI=1S/C42H40N18O4/c1-55-19-13-41(63,37(55)61)31-23-58(25-45-31)35-7-3-6-28(47-35)30-10-16-44-40(50-30)52-34-12-18-60(54-34)22-21-57-20-14-42(64,38(57)62)32-24-59(26-46-32)36-8-4-5-27(48-36)29-9-15-43-39(49-29)51-33-11-17-56(2)53-33/h3-12,15-18,23-26,63-64H,13-14,19-22H2,1-2H3,(H,43,49,51,53)(H,44,50,52,54)/t41-,42+/m0/s1. The van der Waals surface area contributed by atoms with E-state index in [1.165, 1.54) is 17.6 Å². The second-order valence-electron chi connectivity index (χ2n) is 15.5. The van der Waals surface area contributed by atoms with E-state index in [9.17, 15) is 19.8 Å². The molecular formula is C42H40N18O4. The number of pyridine rings is 2. The van der Waals surface area contributed by atoms with Gasteiger partial charge in [-0.3, -0.25) is 28.1 Å². The number of hydrogen-bond acceptors (Lipinski definition) is 16. The van der Waals surface area contributed by atoms with Crippen LogP contribution in [0, 0.1) is 0 Å². The van der Waals surface area contributed by atoms with Gasteiger partial charge in [0.1, 0.15) is 35.7 Å². The first-order valence-corrected chi connectivity index (χ1v) is 20.3. The van der Waals surface area contributed by atoms with Gasteiger partial charge < -0.3 is 30.6 Å². The number of amides is 2. The Balaban J connectivity index is 0.759. The Kier molecular flexibility index (Phi) is 9.91. The van der Waals surface area contributed by atoms with Crippen molar-refractivity contribution in [1.29, 1.82) is 0 Å². The van der Waals surface area contributed by atoms with Gasteiger partial charge in [-0.2, -0.15) is 10.2 Å². The van der Waals surface area contributed by atoms with E-state index in [-0.39, 0.29) is 30.1 Å². The molecule has 0 aliphatic carbocycles. The number of carbonyl (C=O) groups excluding carboxylic acids is 2. The third-order valence-corrected chi connectivity index (χ3v) is 11.2. The molecule has 2 saturated heterocycles. The van der Waals surface area contributed by atoms with E-state index in [1.54, 1.807) is 91.8 Å². The Bertz CT molecular complexity index is 3030. The summed E-state index contributed by atoms with van der Waals surface area (Å²) in [6.45, 7) is 1.45. The fraction of sp³-hybridized carbons (Fsp3) is 0.238. The number of likely N-dealkylation sites (tertiary alicyclic amines) is 2. The third kappa shape index (κ3) is 7.55. The number of nitrogens with one attached hydrogen (secondary N) is 2. The van der Waals surface area contributed by atoms with Crippen LogP contribution in [-0.4, -0.2) is 127 Å². The van der Waals surface area contributed by atoms with Crippen LogP contribution in [-0.2, 0) is 34.4 Å². The molecule has 0 radical (unpaired) electrons. The summed E-state index contributed by atoms with van der Waals surface area (Å²) in [7, 11) is 3.48. The first kappa shape index (κ1) is 39.9. The second-order valence-corrected chi connectivity index (χ2v) is 15.5. The van der Waals surface area contributed by atoms with Crippen LogP contribution in [0.25, 0.3) is 34.4 Å². The highest BCUT2D eigenvalue weighted by Crippen LogP contribution is 2.34. The highest BCUT2D eigenvalue weighted by atomic mass is 16.3. The number of likely N-dealkylation sites (N-methyl/N-ethyl adjacent to an activating group) is 1. The minimum absolute atomic E-state index is 0.173. The maximum Gasteiger partial charge on any atom is 0.261 e. The molecule has 10 rings (SSSR count). The van der Waals surface area contributed by atoms with Crippen molar-refractivity contribution in [1.82, 2.24) is 78.4 Å². The van der Waals surface area contributed by atoms with Crippen LogP contribution >= 0.6 is 0 Å². The lowest BCUT2D eigenvalue weighted by molar-refractivity contribution is -0.144. The molecule has 0 saturated carbocycles. The molecule has 2 aliphatic heterocycles. The van der Waals surface area contributed by atoms with Gasteiger partial charge in [0.2, 0.25) is 11.9 Å². The summed E-state index contributed by atoms with van der Waals surface area (Å²) in [6.07, 6.45) is 13.6. The number of aromatic nitrogens is 14. The molecule has 2 fully saturated rings. The van der Waals surface area contributed by atoms with Crippen LogP contribution in [0.15, 0.2) is 110 Å². The Labute approximate surface area is 364 Å². The van der Waals surface area contributed by atoms with Crippen LogP contribution in [0.5, 0.6) is 0 Å². The van der Waals surface area contributed by atoms with Crippen molar-refractivity contribution in [3.63, 3.8) is 0 Å². The predicted octanol–water partition coefficient (Wildman–Crippen LogP) is 2.35. The monoisotopic (exact) mass is 860 g/mol. The van der Waals surface area contributed by atoms with Crippen molar-refractivity contribution >= 4 is 35.3 Å². The first-order chi connectivity index (χ1) is 31.0. The van der Waals surface area contributed by atoms with Crippen LogP contribution in [0.2, 0.25) is 0 Å². The van der Waals surface area contributed by atoms with Crippen molar-refractivity contribution in [2.45, 2.75) is 30.6 Å². The lowest BCUT2D eigenvalue weighted by Gasteiger charge is -2.20. The smallest absolute Gasteiger partial charge is 0.261 e. The van der Waals surface area contributed by atoms with E-state index in [0.717, 1.165) is 0 Å². The summed E-state index contributed by atoms with van der Waals surface area (Å²) in [6, 6.07) is 18.0. The summed E-state index contributed by atoms with van der Waals surface area (Å²) in [4.78, 5) is 65.5. The molecule has 2 atom stereocenters. The van der Waals surface area contributed by atoms with Crippen LogP contribution in [0.1, 0.15) is 24.2 Å². The maximum atomic E-state index is 13.7. The number of carbonyl (C=O) groups is 2. The molecule has 2 aliphatic rings. The molecule has 8 aromatic rings. The lowest BCUT2D eigenvalue weighted by Crippen LogP contribution is -2.39. The number of anilines is 4. The molecule has 0 spiro atoms. The molecule has 4 N–H and O–H groups in total. The summed E-state index contributed by atoms with van der Waals surface area (Å²) >= 11 is 0. The number of aryl methyl sites for hydroxylation is 1. The zero-order valence-corrected chi connectivity index (χ0v) is 34.5. The Morgan fingerprint density at radius 3 is 1.72 bits per heavy atom. The van der Waals surface area contributed by atoms with Gasteiger partial charge in [-0.25, -0.2) is 39.9 Å². The maximum absolute atomic E-state index is 13.7. The number of rotatable bonds is 13. The third-order valence-electron chi connectivity index (χ3n) is 11.2. The normalized spacial score (nSPS) is 18.6. The minimum atomic E-state index is -1.80. The summed E-state index contributed by atoms with van der Waals surface area (Å²) in [5, 5.41) is 37.8.